The van der Waals surface area contributed by atoms with Crippen molar-refractivity contribution in [2.45, 2.75) is 18.8 Å². The molecule has 1 aliphatic heterocycles. The quantitative estimate of drug-likeness (QED) is 0.795. The summed E-state index contributed by atoms with van der Waals surface area (Å²) in [6.45, 7) is 2.31. The smallest absolute Gasteiger partial charge is 0.0423 e. The zero-order valence-corrected chi connectivity index (χ0v) is 9.91. The highest BCUT2D eigenvalue weighted by Crippen LogP contribution is 2.62. The van der Waals surface area contributed by atoms with Crippen molar-refractivity contribution in [3.05, 3.63) is 33.8 Å². The molecule has 0 amide bonds. The van der Waals surface area contributed by atoms with Crippen LogP contribution in [0.3, 0.4) is 0 Å². The van der Waals surface area contributed by atoms with E-state index in [0.717, 1.165) is 23.1 Å². The van der Waals surface area contributed by atoms with Crippen LogP contribution in [0.15, 0.2) is 18.2 Å². The number of rotatable bonds is 1. The zero-order valence-electron chi connectivity index (χ0n) is 8.39. The normalized spacial score (nSPS) is 33.6. The Labute approximate surface area is 99.8 Å². The average molecular weight is 242 g/mol. The number of hydrogen-bond donors (Lipinski definition) is 1. The van der Waals surface area contributed by atoms with E-state index in [1.54, 1.807) is 6.07 Å². The van der Waals surface area contributed by atoms with Gasteiger partial charge in [0.2, 0.25) is 0 Å². The van der Waals surface area contributed by atoms with E-state index in [0.29, 0.717) is 11.3 Å². The molecule has 1 nitrogen and oxygen atoms in total. The third kappa shape index (κ3) is 1.67. The maximum atomic E-state index is 6.02. The zero-order chi connectivity index (χ0) is 10.5. The largest absolute Gasteiger partial charge is 0.316 e. The number of nitrogens with one attached hydrogen (secondary N) is 1. The lowest BCUT2D eigenvalue weighted by atomic mass is 9.98. The van der Waals surface area contributed by atoms with Gasteiger partial charge in [0.1, 0.15) is 0 Å². The van der Waals surface area contributed by atoms with Gasteiger partial charge in [-0.05, 0) is 54.5 Å². The van der Waals surface area contributed by atoms with E-state index in [9.17, 15) is 0 Å². The van der Waals surface area contributed by atoms with Crippen LogP contribution in [-0.2, 0) is 0 Å². The number of hydrogen-bond acceptors (Lipinski definition) is 1. The Balaban J connectivity index is 1.89. The molecule has 15 heavy (non-hydrogen) atoms. The van der Waals surface area contributed by atoms with Crippen molar-refractivity contribution >= 4 is 23.2 Å². The van der Waals surface area contributed by atoms with Gasteiger partial charge in [-0.25, -0.2) is 0 Å². The molecule has 1 N–H and O–H groups in total. The fraction of sp³-hybridized carbons (Fsp3) is 0.500. The molecule has 0 aromatic heterocycles. The Morgan fingerprint density at radius 3 is 2.53 bits per heavy atom. The lowest BCUT2D eigenvalue weighted by Gasteiger charge is -2.08. The van der Waals surface area contributed by atoms with Crippen molar-refractivity contribution in [1.82, 2.24) is 5.32 Å². The van der Waals surface area contributed by atoms with E-state index in [1.165, 1.54) is 18.4 Å². The molecule has 80 valence electrons. The topological polar surface area (TPSA) is 12.0 Å². The molecule has 2 atom stereocenters. The molecule has 2 aliphatic rings. The Morgan fingerprint density at radius 1 is 1.20 bits per heavy atom. The lowest BCUT2D eigenvalue weighted by molar-refractivity contribution is 0.549. The molecule has 0 bridgehead atoms. The van der Waals surface area contributed by atoms with Gasteiger partial charge in [0, 0.05) is 16.6 Å². The van der Waals surface area contributed by atoms with E-state index in [-0.39, 0.29) is 0 Å². The van der Waals surface area contributed by atoms with Gasteiger partial charge in [-0.2, -0.15) is 0 Å². The maximum absolute atomic E-state index is 6.02. The van der Waals surface area contributed by atoms with Gasteiger partial charge in [0.05, 0.1) is 0 Å². The molecule has 1 aliphatic carbocycles. The minimum Gasteiger partial charge on any atom is -0.316 e. The van der Waals surface area contributed by atoms with Crippen molar-refractivity contribution in [3.8, 4) is 0 Å². The monoisotopic (exact) mass is 241 g/mol. The molecule has 1 saturated carbocycles. The van der Waals surface area contributed by atoms with Crippen LogP contribution in [0.2, 0.25) is 10.0 Å². The summed E-state index contributed by atoms with van der Waals surface area (Å²) in [7, 11) is 0. The first-order valence-electron chi connectivity index (χ1n) is 5.36. The highest BCUT2D eigenvalue weighted by molar-refractivity contribution is 6.34. The van der Waals surface area contributed by atoms with Crippen LogP contribution >= 0.6 is 23.2 Å². The van der Waals surface area contributed by atoms with Gasteiger partial charge >= 0.3 is 0 Å². The summed E-state index contributed by atoms with van der Waals surface area (Å²) >= 11 is 12.0. The van der Waals surface area contributed by atoms with Gasteiger partial charge < -0.3 is 5.32 Å². The van der Waals surface area contributed by atoms with Crippen molar-refractivity contribution in [2.24, 2.45) is 5.41 Å². The highest BCUT2D eigenvalue weighted by atomic mass is 35.5. The Kier molecular flexibility index (Phi) is 2.24. The van der Waals surface area contributed by atoms with E-state index < -0.39 is 0 Å². The number of halogens is 2. The number of benzene rings is 1. The lowest BCUT2D eigenvalue weighted by Crippen LogP contribution is -2.10. The van der Waals surface area contributed by atoms with Gasteiger partial charge in [-0.15, -0.1) is 0 Å². The molecule has 1 spiro atoms. The fourth-order valence-electron chi connectivity index (χ4n) is 2.83. The second kappa shape index (κ2) is 3.38. The molecule has 0 radical (unpaired) electrons. The standard InChI is InChI=1S/C12H13Cl2N/c13-9-3-8(4-10(14)5-9)11-6-12(11)1-2-15-7-12/h3-5,11,15H,1-2,6-7H2/t11-,12?/m0/s1. The van der Waals surface area contributed by atoms with Gasteiger partial charge in [-0.3, -0.25) is 0 Å². The Bertz CT molecular complexity index is 376. The molecule has 3 heteroatoms. The molecule has 2 fully saturated rings. The molecule has 1 aromatic rings. The molecular weight excluding hydrogens is 229 g/mol. The van der Waals surface area contributed by atoms with E-state index in [4.69, 9.17) is 23.2 Å². The third-order valence-electron chi connectivity index (χ3n) is 3.75. The summed E-state index contributed by atoms with van der Waals surface area (Å²) in [5, 5.41) is 4.95. The van der Waals surface area contributed by atoms with Crippen LogP contribution in [0.1, 0.15) is 24.3 Å². The van der Waals surface area contributed by atoms with Crippen LogP contribution in [0.4, 0.5) is 0 Å². The average Bonchev–Trinajstić information content (AvgIpc) is 2.63. The Hall–Kier alpha value is -0.240. The predicted molar refractivity (Wildman–Crippen MR) is 63.7 cm³/mol. The van der Waals surface area contributed by atoms with Gasteiger partial charge in [-0.1, -0.05) is 23.2 Å². The SMILES string of the molecule is Clc1cc(Cl)cc([C@@H]2CC23CCNC3)c1. The maximum Gasteiger partial charge on any atom is 0.0423 e. The van der Waals surface area contributed by atoms with Crippen molar-refractivity contribution < 1.29 is 0 Å². The second-order valence-corrected chi connectivity index (χ2v) is 5.62. The summed E-state index contributed by atoms with van der Waals surface area (Å²) in [4.78, 5) is 0. The summed E-state index contributed by atoms with van der Waals surface area (Å²) < 4.78 is 0. The summed E-state index contributed by atoms with van der Waals surface area (Å²) in [5.41, 5.74) is 1.84. The van der Waals surface area contributed by atoms with Crippen molar-refractivity contribution in [2.75, 3.05) is 13.1 Å². The Morgan fingerprint density at radius 2 is 1.93 bits per heavy atom. The van der Waals surface area contributed by atoms with Crippen LogP contribution in [0, 0.1) is 5.41 Å². The van der Waals surface area contributed by atoms with Crippen molar-refractivity contribution in [1.29, 1.82) is 0 Å². The molecule has 1 aromatic carbocycles. The molecule has 3 rings (SSSR count). The second-order valence-electron chi connectivity index (χ2n) is 4.75. The van der Waals surface area contributed by atoms with Crippen LogP contribution in [0.5, 0.6) is 0 Å². The van der Waals surface area contributed by atoms with Crippen molar-refractivity contribution in [3.63, 3.8) is 0 Å². The van der Waals surface area contributed by atoms with E-state index >= 15 is 0 Å². The third-order valence-corrected chi connectivity index (χ3v) is 4.19. The minimum atomic E-state index is 0.522. The summed E-state index contributed by atoms with van der Waals surface area (Å²) in [6, 6.07) is 5.92. The first-order chi connectivity index (χ1) is 7.20. The first kappa shape index (κ1) is 9.95. The fourth-order valence-corrected chi connectivity index (χ4v) is 3.37. The van der Waals surface area contributed by atoms with Crippen LogP contribution in [-0.4, -0.2) is 13.1 Å². The van der Waals surface area contributed by atoms with Gasteiger partial charge in [0.15, 0.2) is 0 Å². The van der Waals surface area contributed by atoms with Gasteiger partial charge in [0.25, 0.3) is 0 Å². The highest BCUT2D eigenvalue weighted by Gasteiger charge is 2.55. The predicted octanol–water partition coefficient (Wildman–Crippen LogP) is 3.46. The molecular formula is C12H13Cl2N. The van der Waals surface area contributed by atoms with E-state index in [1.807, 2.05) is 0 Å². The molecule has 1 heterocycles. The summed E-state index contributed by atoms with van der Waals surface area (Å²) in [5.74, 6) is 0.670. The van der Waals surface area contributed by atoms with E-state index in [2.05, 4.69) is 17.4 Å². The molecule has 1 unspecified atom stereocenters. The minimum absolute atomic E-state index is 0.522. The molecule has 1 saturated heterocycles. The first-order valence-corrected chi connectivity index (χ1v) is 6.12. The van der Waals surface area contributed by atoms with Crippen LogP contribution in [0.25, 0.3) is 0 Å². The van der Waals surface area contributed by atoms with Crippen LogP contribution < -0.4 is 5.32 Å². The summed E-state index contributed by atoms with van der Waals surface area (Å²) in [6.07, 6.45) is 2.58.